The van der Waals surface area contributed by atoms with Crippen LogP contribution >= 0.6 is 23.6 Å². The summed E-state index contributed by atoms with van der Waals surface area (Å²) in [5.41, 5.74) is 8.33. The maximum atomic E-state index is 5.73. The van der Waals surface area contributed by atoms with E-state index in [0.29, 0.717) is 4.99 Å². The van der Waals surface area contributed by atoms with Crippen LogP contribution in [0.5, 0.6) is 5.75 Å². The van der Waals surface area contributed by atoms with Crippen molar-refractivity contribution in [2.24, 2.45) is 5.73 Å². The quantitative estimate of drug-likeness (QED) is 0.848. The second kappa shape index (κ2) is 5.54. The summed E-state index contributed by atoms with van der Waals surface area (Å²) in [4.78, 5) is 5.97. The lowest BCUT2D eigenvalue weighted by atomic mass is 10.1. The van der Waals surface area contributed by atoms with E-state index < -0.39 is 0 Å². The molecule has 0 saturated heterocycles. The van der Waals surface area contributed by atoms with Gasteiger partial charge in [0.1, 0.15) is 10.7 Å². The van der Waals surface area contributed by atoms with Crippen LogP contribution in [0, 0.1) is 13.8 Å². The van der Waals surface area contributed by atoms with Crippen LogP contribution in [0.25, 0.3) is 0 Å². The number of thiazole rings is 1. The average molecular weight is 293 g/mol. The largest absolute Gasteiger partial charge is 0.497 e. The molecule has 1 aromatic carbocycles. The Morgan fingerprint density at radius 2 is 2.16 bits per heavy atom. The minimum absolute atomic E-state index is 0.343. The Balaban J connectivity index is 2.39. The molecule has 1 aromatic heterocycles. The van der Waals surface area contributed by atoms with E-state index in [1.807, 2.05) is 32.0 Å². The zero-order chi connectivity index (χ0) is 14.0. The van der Waals surface area contributed by atoms with Crippen LogP contribution in [0.3, 0.4) is 0 Å². The first kappa shape index (κ1) is 13.8. The molecule has 0 spiro atoms. The first-order chi connectivity index (χ1) is 9.01. The van der Waals surface area contributed by atoms with Gasteiger partial charge in [0, 0.05) is 16.5 Å². The summed E-state index contributed by atoms with van der Waals surface area (Å²) < 4.78 is 5.22. The van der Waals surface area contributed by atoms with Crippen molar-refractivity contribution in [2.75, 3.05) is 12.4 Å². The van der Waals surface area contributed by atoms with Crippen LogP contribution in [0.15, 0.2) is 18.2 Å². The van der Waals surface area contributed by atoms with Gasteiger partial charge >= 0.3 is 0 Å². The third-order valence-corrected chi connectivity index (χ3v) is 3.97. The topological polar surface area (TPSA) is 60.2 Å². The van der Waals surface area contributed by atoms with E-state index in [4.69, 9.17) is 22.7 Å². The summed E-state index contributed by atoms with van der Waals surface area (Å²) in [6.07, 6.45) is 0. The van der Waals surface area contributed by atoms with Crippen LogP contribution < -0.4 is 15.8 Å². The molecule has 19 heavy (non-hydrogen) atoms. The third kappa shape index (κ3) is 3.02. The highest BCUT2D eigenvalue weighted by Crippen LogP contribution is 2.29. The van der Waals surface area contributed by atoms with E-state index in [1.165, 1.54) is 4.88 Å². The fourth-order valence-corrected chi connectivity index (χ4v) is 2.61. The van der Waals surface area contributed by atoms with Crippen LogP contribution in [-0.2, 0) is 0 Å². The van der Waals surface area contributed by atoms with E-state index >= 15 is 0 Å². The molecule has 4 nitrogen and oxygen atoms in total. The number of nitrogens with zero attached hydrogens (tertiary/aromatic N) is 1. The minimum Gasteiger partial charge on any atom is -0.497 e. The van der Waals surface area contributed by atoms with Gasteiger partial charge in [-0.1, -0.05) is 12.2 Å². The fourth-order valence-electron chi connectivity index (χ4n) is 1.61. The molecule has 6 heteroatoms. The van der Waals surface area contributed by atoms with Crippen molar-refractivity contribution in [1.29, 1.82) is 0 Å². The smallest absolute Gasteiger partial charge is 0.187 e. The van der Waals surface area contributed by atoms with Crippen molar-refractivity contribution in [2.45, 2.75) is 13.8 Å². The van der Waals surface area contributed by atoms with Gasteiger partial charge < -0.3 is 15.8 Å². The number of benzene rings is 1. The predicted molar refractivity (Wildman–Crippen MR) is 83.8 cm³/mol. The lowest BCUT2D eigenvalue weighted by molar-refractivity contribution is 0.415. The summed E-state index contributed by atoms with van der Waals surface area (Å²) in [5, 5.41) is 4.07. The number of thiocarbonyl (C=S) groups is 1. The second-order valence-corrected chi connectivity index (χ2v) is 5.70. The number of anilines is 2. The van der Waals surface area contributed by atoms with Crippen molar-refractivity contribution in [1.82, 2.24) is 4.98 Å². The molecule has 0 fully saturated rings. The predicted octanol–water partition coefficient (Wildman–Crippen LogP) is 3.15. The van der Waals surface area contributed by atoms with E-state index in [2.05, 4.69) is 10.3 Å². The van der Waals surface area contributed by atoms with Crippen LogP contribution in [0.1, 0.15) is 16.1 Å². The molecule has 0 atom stereocenters. The second-order valence-electron chi connectivity index (χ2n) is 4.06. The van der Waals surface area contributed by atoms with Crippen LogP contribution in [0.2, 0.25) is 0 Å². The minimum atomic E-state index is 0.343. The molecule has 0 bridgehead atoms. The maximum absolute atomic E-state index is 5.73. The van der Waals surface area contributed by atoms with Crippen LogP contribution in [0.4, 0.5) is 10.8 Å². The number of aromatic nitrogens is 1. The average Bonchev–Trinajstić information content (AvgIpc) is 2.67. The SMILES string of the molecule is COc1ccc(C(N)=S)c(Nc2nc(C)c(C)s2)c1. The Morgan fingerprint density at radius 1 is 1.42 bits per heavy atom. The van der Waals surface area contributed by atoms with E-state index in [0.717, 1.165) is 27.8 Å². The first-order valence-electron chi connectivity index (χ1n) is 5.70. The zero-order valence-electron chi connectivity index (χ0n) is 11.0. The Labute approximate surface area is 121 Å². The number of ether oxygens (including phenoxy) is 1. The van der Waals surface area contributed by atoms with Crippen molar-refractivity contribution < 1.29 is 4.74 Å². The molecule has 0 radical (unpaired) electrons. The highest BCUT2D eigenvalue weighted by atomic mass is 32.1. The van der Waals surface area contributed by atoms with Gasteiger partial charge in [-0.15, -0.1) is 11.3 Å². The normalized spacial score (nSPS) is 10.3. The van der Waals surface area contributed by atoms with Gasteiger partial charge in [0.25, 0.3) is 0 Å². The fraction of sp³-hybridized carbons (Fsp3) is 0.231. The molecular formula is C13H15N3OS2. The zero-order valence-corrected chi connectivity index (χ0v) is 12.6. The molecule has 100 valence electrons. The molecule has 1 heterocycles. The van der Waals surface area contributed by atoms with Crippen molar-refractivity contribution >= 4 is 39.4 Å². The highest BCUT2D eigenvalue weighted by molar-refractivity contribution is 7.80. The number of nitrogens with one attached hydrogen (secondary N) is 1. The van der Waals surface area contributed by atoms with Gasteiger partial charge in [0.15, 0.2) is 5.13 Å². The van der Waals surface area contributed by atoms with Gasteiger partial charge in [-0.3, -0.25) is 0 Å². The number of rotatable bonds is 4. The summed E-state index contributed by atoms with van der Waals surface area (Å²) in [6, 6.07) is 5.54. The van der Waals surface area contributed by atoms with Crippen molar-refractivity contribution in [3.8, 4) is 5.75 Å². The Bertz CT molecular complexity index is 603. The van der Waals surface area contributed by atoms with E-state index in [9.17, 15) is 0 Å². The first-order valence-corrected chi connectivity index (χ1v) is 6.92. The molecule has 2 rings (SSSR count). The number of hydrogen-bond acceptors (Lipinski definition) is 5. The summed E-state index contributed by atoms with van der Waals surface area (Å²) in [6.45, 7) is 4.02. The Hall–Kier alpha value is -1.66. The van der Waals surface area contributed by atoms with Gasteiger partial charge in [-0.25, -0.2) is 4.98 Å². The van der Waals surface area contributed by atoms with Gasteiger partial charge in [-0.05, 0) is 26.0 Å². The Kier molecular flexibility index (Phi) is 4.01. The van der Waals surface area contributed by atoms with E-state index in [1.54, 1.807) is 18.4 Å². The molecule has 2 aromatic rings. The van der Waals surface area contributed by atoms with Crippen molar-refractivity contribution in [3.63, 3.8) is 0 Å². The molecule has 0 aliphatic carbocycles. The van der Waals surface area contributed by atoms with E-state index in [-0.39, 0.29) is 0 Å². The van der Waals surface area contributed by atoms with Gasteiger partial charge in [0.2, 0.25) is 0 Å². The lowest BCUT2D eigenvalue weighted by Gasteiger charge is -2.10. The molecule has 3 N–H and O–H groups in total. The van der Waals surface area contributed by atoms with Gasteiger partial charge in [-0.2, -0.15) is 0 Å². The summed E-state index contributed by atoms with van der Waals surface area (Å²) in [5.74, 6) is 0.743. The Morgan fingerprint density at radius 3 is 2.68 bits per heavy atom. The molecule has 0 amide bonds. The monoisotopic (exact) mass is 293 g/mol. The molecule has 0 saturated carbocycles. The van der Waals surface area contributed by atoms with Gasteiger partial charge in [0.05, 0.1) is 18.5 Å². The maximum Gasteiger partial charge on any atom is 0.187 e. The third-order valence-electron chi connectivity index (χ3n) is 2.76. The highest BCUT2D eigenvalue weighted by Gasteiger charge is 2.10. The number of nitrogens with two attached hydrogens (primary N) is 1. The number of methoxy groups -OCH3 is 1. The number of hydrogen-bond donors (Lipinski definition) is 2. The lowest BCUT2D eigenvalue weighted by Crippen LogP contribution is -2.12. The summed E-state index contributed by atoms with van der Waals surface area (Å²) >= 11 is 6.65. The standard InChI is InChI=1S/C13H15N3OS2/c1-7-8(2)19-13(15-7)16-11-6-9(17-3)4-5-10(11)12(14)18/h4-6H,1-3H3,(H2,14,18)(H,15,16). The molecular weight excluding hydrogens is 278 g/mol. The molecule has 0 aliphatic heterocycles. The summed E-state index contributed by atoms with van der Waals surface area (Å²) in [7, 11) is 1.62. The van der Waals surface area contributed by atoms with Crippen LogP contribution in [-0.4, -0.2) is 17.1 Å². The molecule has 0 unspecified atom stereocenters. The molecule has 0 aliphatic rings. The van der Waals surface area contributed by atoms with Crippen molar-refractivity contribution in [3.05, 3.63) is 34.3 Å². The number of aryl methyl sites for hydroxylation is 2.